The minimum absolute atomic E-state index is 0.186. The minimum Gasteiger partial charge on any atom is -0.322 e. The first kappa shape index (κ1) is 18.9. The average molecular weight is 406 g/mol. The minimum atomic E-state index is -0.323. The van der Waals surface area contributed by atoms with Crippen LogP contribution in [0.5, 0.6) is 0 Å². The van der Waals surface area contributed by atoms with Gasteiger partial charge in [-0.15, -0.1) is 5.10 Å². The second-order valence-electron chi connectivity index (χ2n) is 7.51. The van der Waals surface area contributed by atoms with Gasteiger partial charge in [-0.2, -0.15) is 4.68 Å². The summed E-state index contributed by atoms with van der Waals surface area (Å²) in [7, 11) is 0. The maximum Gasteiger partial charge on any atom is 0.344 e. The average Bonchev–Trinajstić information content (AvgIpc) is 3.27. The molecule has 1 aromatic carbocycles. The third-order valence-electron chi connectivity index (χ3n) is 5.25. The van der Waals surface area contributed by atoms with Crippen molar-refractivity contribution >= 4 is 29.4 Å². The molecular weight excluding hydrogens is 385 g/mol. The molecule has 2 aliphatic rings. The maximum atomic E-state index is 13.5. The van der Waals surface area contributed by atoms with Gasteiger partial charge in [0.15, 0.2) is 5.82 Å². The van der Waals surface area contributed by atoms with Gasteiger partial charge in [-0.05, 0) is 35.6 Å². The number of halogens is 2. The summed E-state index contributed by atoms with van der Waals surface area (Å²) in [5.74, 6) is 0.585. The second kappa shape index (κ2) is 7.52. The van der Waals surface area contributed by atoms with Gasteiger partial charge in [0.2, 0.25) is 5.91 Å². The zero-order valence-electron chi connectivity index (χ0n) is 15.4. The predicted molar refractivity (Wildman–Crippen MR) is 103 cm³/mol. The van der Waals surface area contributed by atoms with Crippen LogP contribution in [0.15, 0.2) is 30.5 Å². The Kier molecular flexibility index (Phi) is 5.07. The van der Waals surface area contributed by atoms with Crippen molar-refractivity contribution in [3.8, 4) is 0 Å². The van der Waals surface area contributed by atoms with E-state index in [1.54, 1.807) is 23.2 Å². The van der Waals surface area contributed by atoms with Crippen molar-refractivity contribution in [2.24, 2.45) is 11.8 Å². The Hall–Kier alpha value is -2.45. The molecule has 0 bridgehead atoms. The van der Waals surface area contributed by atoms with E-state index in [2.05, 4.69) is 15.3 Å². The van der Waals surface area contributed by atoms with Crippen LogP contribution in [0.25, 0.3) is 0 Å². The van der Waals surface area contributed by atoms with Crippen LogP contribution in [0, 0.1) is 17.7 Å². The summed E-state index contributed by atoms with van der Waals surface area (Å²) >= 11 is 5.94. The third kappa shape index (κ3) is 4.02. The first-order valence-electron chi connectivity index (χ1n) is 9.17. The lowest BCUT2D eigenvalue weighted by atomic mass is 10.0. The Labute approximate surface area is 167 Å². The summed E-state index contributed by atoms with van der Waals surface area (Å²) in [4.78, 5) is 27.8. The van der Waals surface area contributed by atoms with Gasteiger partial charge in [-0.25, -0.2) is 9.18 Å². The Morgan fingerprint density at radius 3 is 2.57 bits per heavy atom. The van der Waals surface area contributed by atoms with E-state index in [-0.39, 0.29) is 17.8 Å². The molecule has 2 aliphatic heterocycles. The van der Waals surface area contributed by atoms with Crippen molar-refractivity contribution in [2.45, 2.75) is 13.5 Å². The Morgan fingerprint density at radius 2 is 1.93 bits per heavy atom. The highest BCUT2D eigenvalue weighted by atomic mass is 35.5. The number of likely N-dealkylation sites (tertiary alicyclic amines) is 2. The summed E-state index contributed by atoms with van der Waals surface area (Å²) in [6.45, 7) is 5.10. The van der Waals surface area contributed by atoms with Gasteiger partial charge >= 0.3 is 6.03 Å². The van der Waals surface area contributed by atoms with Crippen LogP contribution in [-0.4, -0.2) is 57.7 Å². The molecule has 1 N–H and O–H groups in total. The molecular formula is C19H21ClFN5O2. The molecule has 0 saturated carbocycles. The first-order valence-corrected chi connectivity index (χ1v) is 9.55. The highest BCUT2D eigenvalue weighted by Crippen LogP contribution is 2.32. The zero-order valence-corrected chi connectivity index (χ0v) is 16.2. The number of amides is 2. The molecule has 2 unspecified atom stereocenters. The second-order valence-corrected chi connectivity index (χ2v) is 7.94. The van der Waals surface area contributed by atoms with Crippen LogP contribution in [0.4, 0.5) is 15.0 Å². The van der Waals surface area contributed by atoms with Crippen molar-refractivity contribution < 1.29 is 14.0 Å². The summed E-state index contributed by atoms with van der Waals surface area (Å²) < 4.78 is 14.8. The standard InChI is InChI=1S/C19H21ClFN5O2/c1-12(27)22-18-2-3-26(23-18)19(28)25-10-14-8-24(9-15(14)11-25)7-13-4-16(20)6-17(21)5-13/h2-6,14-15H,7-11H2,1H3,(H,22,23,27). The fourth-order valence-corrected chi connectivity index (χ4v) is 4.40. The van der Waals surface area contributed by atoms with E-state index < -0.39 is 0 Å². The number of rotatable bonds is 3. The summed E-state index contributed by atoms with van der Waals surface area (Å²) in [5, 5.41) is 7.08. The molecule has 2 fully saturated rings. The lowest BCUT2D eigenvalue weighted by Crippen LogP contribution is -2.36. The van der Waals surface area contributed by atoms with Crippen LogP contribution in [-0.2, 0) is 11.3 Å². The quantitative estimate of drug-likeness (QED) is 0.852. The van der Waals surface area contributed by atoms with Crippen LogP contribution < -0.4 is 5.32 Å². The molecule has 2 amide bonds. The van der Waals surface area contributed by atoms with Crippen molar-refractivity contribution in [3.63, 3.8) is 0 Å². The third-order valence-corrected chi connectivity index (χ3v) is 5.47. The monoisotopic (exact) mass is 405 g/mol. The van der Waals surface area contributed by atoms with Gasteiger partial charge in [-0.1, -0.05) is 11.6 Å². The molecule has 148 valence electrons. The molecule has 28 heavy (non-hydrogen) atoms. The van der Waals surface area contributed by atoms with Gasteiger partial charge < -0.3 is 10.2 Å². The molecule has 2 saturated heterocycles. The number of carbonyl (C=O) groups excluding carboxylic acids is 2. The highest BCUT2D eigenvalue weighted by Gasteiger charge is 2.41. The van der Waals surface area contributed by atoms with Gasteiger partial charge in [0.25, 0.3) is 0 Å². The van der Waals surface area contributed by atoms with Crippen molar-refractivity contribution in [2.75, 3.05) is 31.5 Å². The number of carbonyl (C=O) groups is 2. The van der Waals surface area contributed by atoms with E-state index in [4.69, 9.17) is 11.6 Å². The van der Waals surface area contributed by atoms with Gasteiger partial charge in [0, 0.05) is 56.9 Å². The SMILES string of the molecule is CC(=O)Nc1ccn(C(=O)N2CC3CN(Cc4cc(F)cc(Cl)c4)CC3C2)n1. The number of nitrogens with zero attached hydrogens (tertiary/aromatic N) is 4. The van der Waals surface area contributed by atoms with Crippen LogP contribution in [0.2, 0.25) is 5.02 Å². The fraction of sp³-hybridized carbons (Fsp3) is 0.421. The maximum absolute atomic E-state index is 13.5. The molecule has 2 atom stereocenters. The molecule has 9 heteroatoms. The number of nitrogens with one attached hydrogen (secondary N) is 1. The van der Waals surface area contributed by atoms with E-state index in [0.717, 1.165) is 18.7 Å². The van der Waals surface area contributed by atoms with E-state index in [9.17, 15) is 14.0 Å². The highest BCUT2D eigenvalue weighted by molar-refractivity contribution is 6.30. The van der Waals surface area contributed by atoms with Crippen molar-refractivity contribution in [3.05, 3.63) is 46.9 Å². The number of hydrogen-bond acceptors (Lipinski definition) is 4. The van der Waals surface area contributed by atoms with Crippen molar-refractivity contribution in [1.29, 1.82) is 0 Å². The van der Waals surface area contributed by atoms with Crippen LogP contribution >= 0.6 is 11.6 Å². The molecule has 0 aliphatic carbocycles. The Bertz CT molecular complexity index is 883. The number of benzene rings is 1. The summed E-state index contributed by atoms with van der Waals surface area (Å²) in [6, 6.07) is 6.02. The molecule has 3 heterocycles. The number of anilines is 1. The lowest BCUT2D eigenvalue weighted by Gasteiger charge is -2.21. The largest absolute Gasteiger partial charge is 0.344 e. The smallest absolute Gasteiger partial charge is 0.322 e. The zero-order chi connectivity index (χ0) is 19.8. The predicted octanol–water partition coefficient (Wildman–Crippen LogP) is 2.67. The fourth-order valence-electron chi connectivity index (χ4n) is 4.16. The molecule has 7 nitrogen and oxygen atoms in total. The van der Waals surface area contributed by atoms with E-state index in [0.29, 0.717) is 42.3 Å². The van der Waals surface area contributed by atoms with E-state index in [1.807, 2.05) is 0 Å². The topological polar surface area (TPSA) is 70.5 Å². The molecule has 0 radical (unpaired) electrons. The van der Waals surface area contributed by atoms with Crippen LogP contribution in [0.1, 0.15) is 12.5 Å². The normalized spacial score (nSPS) is 21.8. The van der Waals surface area contributed by atoms with Gasteiger partial charge in [-0.3, -0.25) is 9.69 Å². The lowest BCUT2D eigenvalue weighted by molar-refractivity contribution is -0.114. The number of fused-ring (bicyclic) bond motifs is 1. The van der Waals surface area contributed by atoms with Crippen LogP contribution in [0.3, 0.4) is 0 Å². The molecule has 0 spiro atoms. The van der Waals surface area contributed by atoms with Gasteiger partial charge in [0.05, 0.1) is 0 Å². The van der Waals surface area contributed by atoms with Gasteiger partial charge in [0.1, 0.15) is 5.82 Å². The van der Waals surface area contributed by atoms with E-state index in [1.165, 1.54) is 23.7 Å². The Balaban J connectivity index is 1.34. The molecule has 2 aromatic rings. The Morgan fingerprint density at radius 1 is 1.21 bits per heavy atom. The summed E-state index contributed by atoms with van der Waals surface area (Å²) in [6.07, 6.45) is 1.56. The number of hydrogen-bond donors (Lipinski definition) is 1. The number of aromatic nitrogens is 2. The molecule has 4 rings (SSSR count). The van der Waals surface area contributed by atoms with E-state index >= 15 is 0 Å². The van der Waals surface area contributed by atoms with Crippen molar-refractivity contribution in [1.82, 2.24) is 19.6 Å². The summed E-state index contributed by atoms with van der Waals surface area (Å²) in [5.41, 5.74) is 0.861. The molecule has 1 aromatic heterocycles. The first-order chi connectivity index (χ1) is 13.4.